The zero-order chi connectivity index (χ0) is 30.3. The zero-order valence-corrected chi connectivity index (χ0v) is 25.7. The summed E-state index contributed by atoms with van der Waals surface area (Å²) in [6.45, 7) is 3.09. The Morgan fingerprint density at radius 3 is 2.16 bits per heavy atom. The molecule has 1 atom stereocenters. The molecule has 5 rings (SSSR count). The minimum atomic E-state index is -0.640. The lowest BCUT2D eigenvalue weighted by atomic mass is 10.0. The summed E-state index contributed by atoms with van der Waals surface area (Å²) in [6, 6.07) is 28.1. The predicted octanol–water partition coefficient (Wildman–Crippen LogP) is 6.94. The third kappa shape index (κ3) is 6.72. The van der Waals surface area contributed by atoms with Crippen LogP contribution in [0.15, 0.2) is 95.9 Å². The summed E-state index contributed by atoms with van der Waals surface area (Å²) < 4.78 is 18.7. The van der Waals surface area contributed by atoms with Crippen LogP contribution in [0.2, 0.25) is 0 Å². The van der Waals surface area contributed by atoms with Crippen LogP contribution in [0.5, 0.6) is 5.75 Å². The van der Waals surface area contributed by atoms with Crippen molar-refractivity contribution in [1.82, 2.24) is 9.47 Å². The minimum Gasteiger partial charge on any atom is -0.497 e. The summed E-state index contributed by atoms with van der Waals surface area (Å²) in [5, 5.41) is 0.511. The third-order valence-electron chi connectivity index (χ3n) is 7.37. The van der Waals surface area contributed by atoms with Crippen molar-refractivity contribution in [3.63, 3.8) is 0 Å². The van der Waals surface area contributed by atoms with Crippen LogP contribution in [0.3, 0.4) is 0 Å². The van der Waals surface area contributed by atoms with E-state index < -0.39 is 12.2 Å². The normalized spacial score (nSPS) is 12.0. The minimum absolute atomic E-state index is 0.00416. The molecule has 5 aromatic rings. The smallest absolute Gasteiger partial charge is 0.343 e. The number of carbonyl (C=O) groups excluding carboxylic acids is 1. The lowest BCUT2D eigenvalue weighted by molar-refractivity contribution is 0.0458. The molecule has 1 unspecified atom stereocenters. The fourth-order valence-electron chi connectivity index (χ4n) is 5.29. The number of esters is 1. The molecule has 2 heterocycles. The van der Waals surface area contributed by atoms with Crippen LogP contribution >= 0.6 is 11.3 Å². The van der Waals surface area contributed by atoms with Gasteiger partial charge in [-0.15, -0.1) is 11.3 Å². The van der Waals surface area contributed by atoms with Crippen molar-refractivity contribution < 1.29 is 19.0 Å². The van der Waals surface area contributed by atoms with Gasteiger partial charge in [0.25, 0.3) is 0 Å². The van der Waals surface area contributed by atoms with Crippen molar-refractivity contribution in [2.75, 3.05) is 27.9 Å². The van der Waals surface area contributed by atoms with E-state index in [4.69, 9.17) is 14.2 Å². The first-order chi connectivity index (χ1) is 20.9. The van der Waals surface area contributed by atoms with Crippen LogP contribution in [0.4, 0.5) is 0 Å². The number of aromatic nitrogens is 1. The molecule has 0 amide bonds. The van der Waals surface area contributed by atoms with Gasteiger partial charge in [0.05, 0.1) is 19.1 Å². The average Bonchev–Trinajstić information content (AvgIpc) is 3.40. The molecular formula is C35H36N2O5S. The van der Waals surface area contributed by atoms with Crippen molar-refractivity contribution in [1.29, 1.82) is 0 Å². The first kappa shape index (κ1) is 30.2. The quantitative estimate of drug-likeness (QED) is 0.145. The summed E-state index contributed by atoms with van der Waals surface area (Å²) in [5.41, 5.74) is 3.74. The Bertz CT molecular complexity index is 1730. The van der Waals surface area contributed by atoms with Gasteiger partial charge in [0.1, 0.15) is 22.4 Å². The number of hydrogen-bond donors (Lipinski definition) is 0. The molecule has 0 radical (unpaired) electrons. The molecule has 0 fully saturated rings. The molecule has 0 saturated heterocycles. The fraction of sp³-hybridized carbons (Fsp3) is 0.257. The van der Waals surface area contributed by atoms with E-state index in [-0.39, 0.29) is 17.6 Å². The number of ether oxygens (including phenoxy) is 3. The van der Waals surface area contributed by atoms with Gasteiger partial charge in [0.2, 0.25) is 5.43 Å². The number of fused-ring (bicyclic) bond motifs is 1. The second kappa shape index (κ2) is 13.8. The van der Waals surface area contributed by atoms with Gasteiger partial charge in [-0.2, -0.15) is 0 Å². The van der Waals surface area contributed by atoms with E-state index >= 15 is 0 Å². The number of rotatable bonds is 12. The number of hydrogen-bond acceptors (Lipinski definition) is 7. The van der Waals surface area contributed by atoms with Crippen LogP contribution < -0.4 is 10.2 Å². The molecule has 2 aromatic heterocycles. The molecule has 7 nitrogen and oxygen atoms in total. The van der Waals surface area contributed by atoms with Gasteiger partial charge in [-0.25, -0.2) is 4.79 Å². The number of methoxy groups -OCH3 is 2. The monoisotopic (exact) mass is 596 g/mol. The highest BCUT2D eigenvalue weighted by molar-refractivity contribution is 7.22. The Morgan fingerprint density at radius 2 is 1.56 bits per heavy atom. The van der Waals surface area contributed by atoms with Gasteiger partial charge >= 0.3 is 5.97 Å². The van der Waals surface area contributed by atoms with Crippen molar-refractivity contribution >= 4 is 27.5 Å². The van der Waals surface area contributed by atoms with E-state index in [1.54, 1.807) is 27.3 Å². The SMILES string of the molecule is CCOC(=O)c1cn(C(Cc2ccccc2)OC)c2sc(-c3ccc(OC)cc3)c(CN(C)Cc3ccccc3)c2c1=O. The van der Waals surface area contributed by atoms with Crippen LogP contribution in [-0.2, 0) is 29.0 Å². The predicted molar refractivity (Wildman–Crippen MR) is 172 cm³/mol. The molecule has 8 heteroatoms. The first-order valence-electron chi connectivity index (χ1n) is 14.2. The average molecular weight is 597 g/mol. The molecule has 222 valence electrons. The Labute approximate surface area is 255 Å². The topological polar surface area (TPSA) is 70.0 Å². The zero-order valence-electron chi connectivity index (χ0n) is 24.9. The maximum absolute atomic E-state index is 14.2. The lowest BCUT2D eigenvalue weighted by Gasteiger charge is -2.21. The number of nitrogens with zero attached hydrogens (tertiary/aromatic N) is 2. The Hall–Kier alpha value is -4.24. The summed E-state index contributed by atoms with van der Waals surface area (Å²) in [7, 11) is 5.32. The van der Waals surface area contributed by atoms with E-state index in [0.29, 0.717) is 24.9 Å². The van der Waals surface area contributed by atoms with E-state index in [1.165, 1.54) is 16.9 Å². The van der Waals surface area contributed by atoms with E-state index in [0.717, 1.165) is 32.1 Å². The standard InChI is InChI=1S/C35H36N2O5S/c1-5-42-35(39)29-23-37(30(41-4)20-24-12-8-6-9-13-24)34-31(32(29)38)28(22-36(2)21-25-14-10-7-11-15-25)33(43-34)26-16-18-27(40-3)19-17-26/h6-19,23,30H,5,20-22H2,1-4H3. The Kier molecular flexibility index (Phi) is 9.72. The van der Waals surface area contributed by atoms with E-state index in [2.05, 4.69) is 17.0 Å². The number of benzene rings is 3. The fourth-order valence-corrected chi connectivity index (χ4v) is 6.62. The maximum Gasteiger partial charge on any atom is 0.343 e. The van der Waals surface area contributed by atoms with Gasteiger partial charge in [0.15, 0.2) is 0 Å². The van der Waals surface area contributed by atoms with Crippen molar-refractivity contribution in [2.24, 2.45) is 0 Å². The number of thiophene rings is 1. The largest absolute Gasteiger partial charge is 0.497 e. The Morgan fingerprint density at radius 1 is 0.907 bits per heavy atom. The molecule has 0 saturated carbocycles. The van der Waals surface area contributed by atoms with Gasteiger partial charge in [-0.3, -0.25) is 9.69 Å². The Balaban J connectivity index is 1.73. The van der Waals surface area contributed by atoms with E-state index in [9.17, 15) is 9.59 Å². The molecule has 0 aliphatic carbocycles. The lowest BCUT2D eigenvalue weighted by Crippen LogP contribution is -2.25. The molecule has 0 N–H and O–H groups in total. The highest BCUT2D eigenvalue weighted by atomic mass is 32.1. The molecule has 0 aliphatic heterocycles. The molecule has 0 aliphatic rings. The molecule has 0 bridgehead atoms. The van der Waals surface area contributed by atoms with Crippen LogP contribution in [-0.4, -0.2) is 43.3 Å². The van der Waals surface area contributed by atoms with Crippen molar-refractivity contribution in [2.45, 2.75) is 32.7 Å². The molecular weight excluding hydrogens is 560 g/mol. The summed E-state index contributed by atoms with van der Waals surface area (Å²) in [6.07, 6.45) is 1.69. The highest BCUT2D eigenvalue weighted by Gasteiger charge is 2.27. The first-order valence-corrected chi connectivity index (χ1v) is 15.1. The summed E-state index contributed by atoms with van der Waals surface area (Å²) >= 11 is 1.53. The van der Waals surface area contributed by atoms with Crippen LogP contribution in [0, 0.1) is 0 Å². The summed E-state index contributed by atoms with van der Waals surface area (Å²) in [4.78, 5) is 31.2. The van der Waals surface area contributed by atoms with Crippen molar-refractivity contribution in [3.8, 4) is 16.2 Å². The molecule has 43 heavy (non-hydrogen) atoms. The van der Waals surface area contributed by atoms with E-state index in [1.807, 2.05) is 84.4 Å². The van der Waals surface area contributed by atoms with Crippen molar-refractivity contribution in [3.05, 3.63) is 124 Å². The second-order valence-electron chi connectivity index (χ2n) is 10.4. The van der Waals surface area contributed by atoms with Gasteiger partial charge in [-0.1, -0.05) is 60.7 Å². The highest BCUT2D eigenvalue weighted by Crippen LogP contribution is 2.40. The molecule has 3 aromatic carbocycles. The van der Waals surface area contributed by atoms with Gasteiger partial charge < -0.3 is 18.8 Å². The third-order valence-corrected chi connectivity index (χ3v) is 8.66. The summed E-state index contributed by atoms with van der Waals surface area (Å²) in [5.74, 6) is 0.109. The number of carbonyl (C=O) groups is 1. The number of pyridine rings is 1. The van der Waals surface area contributed by atoms with Crippen LogP contribution in [0.25, 0.3) is 20.7 Å². The van der Waals surface area contributed by atoms with Gasteiger partial charge in [-0.05, 0) is 60.5 Å². The maximum atomic E-state index is 14.2. The van der Waals surface area contributed by atoms with Crippen LogP contribution in [0.1, 0.15) is 40.2 Å². The van der Waals surface area contributed by atoms with Gasteiger partial charge in [0, 0.05) is 37.7 Å². The molecule has 0 spiro atoms. The second-order valence-corrected chi connectivity index (χ2v) is 11.4.